The Morgan fingerprint density at radius 2 is 1.79 bits per heavy atom. The Morgan fingerprint density at radius 3 is 2.56 bits per heavy atom. The van der Waals surface area contributed by atoms with Gasteiger partial charge in [0.15, 0.2) is 0 Å². The van der Waals surface area contributed by atoms with Gasteiger partial charge in [0.1, 0.15) is 11.5 Å². The van der Waals surface area contributed by atoms with Crippen molar-refractivity contribution in [2.24, 2.45) is 0 Å². The average molecular weight is 529 g/mol. The number of rotatable bonds is 2. The SMILES string of the molecule is C1=CC2=CC=C(CC2)N1.Fc1ccc2c(c1)-c1ccc3c(c1CC2Cc1ccc(C(F)(F)F)nc1)CCC=C3. The van der Waals surface area contributed by atoms with Crippen LogP contribution in [0.15, 0.2) is 90.4 Å². The molecule has 2 nitrogen and oxygen atoms in total. The number of halogens is 4. The van der Waals surface area contributed by atoms with Gasteiger partial charge in [0.2, 0.25) is 0 Å². The molecule has 3 heterocycles. The summed E-state index contributed by atoms with van der Waals surface area (Å²) in [4.78, 5) is 3.61. The second-order valence-corrected chi connectivity index (χ2v) is 10.4. The molecule has 6 heteroatoms. The van der Waals surface area contributed by atoms with Gasteiger partial charge < -0.3 is 5.32 Å². The lowest BCUT2D eigenvalue weighted by molar-refractivity contribution is -0.141. The Bertz CT molecular complexity index is 1520. The number of hydrogen-bond acceptors (Lipinski definition) is 2. The van der Waals surface area contributed by atoms with Crippen molar-refractivity contribution in [3.05, 3.63) is 130 Å². The van der Waals surface area contributed by atoms with E-state index < -0.39 is 11.9 Å². The van der Waals surface area contributed by atoms with E-state index >= 15 is 0 Å². The van der Waals surface area contributed by atoms with Gasteiger partial charge in [0.05, 0.1) is 0 Å². The molecule has 1 aromatic heterocycles. The molecule has 3 aromatic rings. The van der Waals surface area contributed by atoms with Gasteiger partial charge in [-0.15, -0.1) is 0 Å². The Morgan fingerprint density at radius 1 is 0.897 bits per heavy atom. The Hall–Kier alpha value is -3.93. The second kappa shape index (κ2) is 10.3. The maximum Gasteiger partial charge on any atom is 0.433 e. The summed E-state index contributed by atoms with van der Waals surface area (Å²) in [6.45, 7) is 0. The molecule has 1 N–H and O–H groups in total. The number of aromatic nitrogens is 1. The highest BCUT2D eigenvalue weighted by Gasteiger charge is 2.33. The zero-order valence-electron chi connectivity index (χ0n) is 21.4. The van der Waals surface area contributed by atoms with E-state index in [2.05, 4.69) is 52.8 Å². The van der Waals surface area contributed by atoms with Crippen LogP contribution in [0.5, 0.6) is 0 Å². The lowest BCUT2D eigenvalue weighted by Crippen LogP contribution is -2.17. The maximum absolute atomic E-state index is 14.1. The summed E-state index contributed by atoms with van der Waals surface area (Å²) < 4.78 is 52.6. The smallest absolute Gasteiger partial charge is 0.365 e. The molecule has 0 fully saturated rings. The minimum Gasteiger partial charge on any atom is -0.365 e. The molecule has 2 aromatic carbocycles. The highest BCUT2D eigenvalue weighted by molar-refractivity contribution is 5.78. The molecule has 3 aliphatic carbocycles. The standard InChI is InChI=1S/C25H19F4N.C8H9N/c26-18-7-9-20-17(11-15-5-10-24(30-14-15)25(27,28)29)12-22-19-4-2-1-3-16(19)6-8-21(22)23(20)13-18;1-3-8-4-2-7(1)5-6-9-8/h1,3,5-10,13-14,17H,2,4,11-12H2;1,3,5-6,9H,2,4H2. The van der Waals surface area contributed by atoms with Crippen molar-refractivity contribution >= 4 is 6.08 Å². The summed E-state index contributed by atoms with van der Waals surface area (Å²) in [5.41, 5.74) is 9.38. The van der Waals surface area contributed by atoms with E-state index in [0.29, 0.717) is 6.42 Å². The summed E-state index contributed by atoms with van der Waals surface area (Å²) in [6.07, 6.45) is 15.3. The van der Waals surface area contributed by atoms with Gasteiger partial charge in [0, 0.05) is 18.1 Å². The minimum atomic E-state index is -4.45. The number of fused-ring (bicyclic) bond motifs is 8. The molecule has 8 rings (SSSR count). The van der Waals surface area contributed by atoms with E-state index in [1.807, 2.05) is 12.3 Å². The molecule has 0 saturated carbocycles. The van der Waals surface area contributed by atoms with Crippen molar-refractivity contribution < 1.29 is 17.6 Å². The monoisotopic (exact) mass is 528 g/mol. The van der Waals surface area contributed by atoms with Gasteiger partial charge in [-0.25, -0.2) is 4.39 Å². The average Bonchev–Trinajstić information content (AvgIpc) is 3.31. The van der Waals surface area contributed by atoms with Crippen molar-refractivity contribution in [3.63, 3.8) is 0 Å². The van der Waals surface area contributed by atoms with E-state index in [1.54, 1.807) is 6.07 Å². The van der Waals surface area contributed by atoms with Crippen LogP contribution < -0.4 is 5.32 Å². The predicted molar refractivity (Wildman–Crippen MR) is 146 cm³/mol. The third kappa shape index (κ3) is 5.33. The van der Waals surface area contributed by atoms with E-state index in [0.717, 1.165) is 47.6 Å². The quantitative estimate of drug-likeness (QED) is 0.338. The fraction of sp³-hybridized carbons (Fsp3) is 0.242. The number of nitrogens with zero attached hydrogens (tertiary/aromatic N) is 1. The molecule has 1 unspecified atom stereocenters. The molecule has 0 radical (unpaired) electrons. The fourth-order valence-corrected chi connectivity index (χ4v) is 5.91. The summed E-state index contributed by atoms with van der Waals surface area (Å²) in [7, 11) is 0. The van der Waals surface area contributed by atoms with Crippen molar-refractivity contribution in [3.8, 4) is 11.1 Å². The molecular formula is C33H28F4N2. The third-order valence-corrected chi connectivity index (χ3v) is 7.87. The molecule has 0 saturated heterocycles. The van der Waals surface area contributed by atoms with Crippen LogP contribution in [0.25, 0.3) is 17.2 Å². The normalized spacial score (nSPS) is 18.4. The van der Waals surface area contributed by atoms with Gasteiger partial charge in [-0.05, 0) is 119 Å². The number of benzene rings is 2. The van der Waals surface area contributed by atoms with Crippen molar-refractivity contribution in [1.29, 1.82) is 0 Å². The summed E-state index contributed by atoms with van der Waals surface area (Å²) >= 11 is 0. The number of alkyl halides is 3. The van der Waals surface area contributed by atoms with Gasteiger partial charge in [-0.2, -0.15) is 13.2 Å². The first-order valence-electron chi connectivity index (χ1n) is 13.3. The second-order valence-electron chi connectivity index (χ2n) is 10.4. The van der Waals surface area contributed by atoms with E-state index in [4.69, 9.17) is 0 Å². The number of hydrogen-bond donors (Lipinski definition) is 1. The molecule has 2 bridgehead atoms. The van der Waals surface area contributed by atoms with Crippen LogP contribution in [-0.4, -0.2) is 4.98 Å². The van der Waals surface area contributed by atoms with Crippen LogP contribution in [0.2, 0.25) is 0 Å². The van der Waals surface area contributed by atoms with Crippen LogP contribution in [0.3, 0.4) is 0 Å². The predicted octanol–water partition coefficient (Wildman–Crippen LogP) is 8.46. The molecule has 39 heavy (non-hydrogen) atoms. The van der Waals surface area contributed by atoms with Crippen LogP contribution in [-0.2, 0) is 25.4 Å². The molecule has 5 aliphatic rings. The highest BCUT2D eigenvalue weighted by Crippen LogP contribution is 2.44. The summed E-state index contributed by atoms with van der Waals surface area (Å²) in [6, 6.07) is 11.5. The minimum absolute atomic E-state index is 0.0593. The lowest BCUT2D eigenvalue weighted by Gasteiger charge is -2.31. The summed E-state index contributed by atoms with van der Waals surface area (Å²) in [5.74, 6) is -0.224. The first kappa shape index (κ1) is 25.4. The van der Waals surface area contributed by atoms with Crippen LogP contribution in [0, 0.1) is 5.82 Å². The zero-order chi connectivity index (χ0) is 27.0. The van der Waals surface area contributed by atoms with Crippen molar-refractivity contribution in [2.45, 2.75) is 50.6 Å². The molecule has 0 amide bonds. The van der Waals surface area contributed by atoms with Crippen LogP contribution in [0.1, 0.15) is 58.7 Å². The molecule has 2 aliphatic heterocycles. The Kier molecular flexibility index (Phi) is 6.71. The zero-order valence-corrected chi connectivity index (χ0v) is 21.4. The molecule has 198 valence electrons. The van der Waals surface area contributed by atoms with Gasteiger partial charge in [-0.1, -0.05) is 42.5 Å². The van der Waals surface area contributed by atoms with Gasteiger partial charge >= 0.3 is 6.18 Å². The molecular weight excluding hydrogens is 500 g/mol. The van der Waals surface area contributed by atoms with Gasteiger partial charge in [0.25, 0.3) is 0 Å². The first-order valence-corrected chi connectivity index (χ1v) is 13.3. The van der Waals surface area contributed by atoms with Gasteiger partial charge in [-0.3, -0.25) is 4.98 Å². The maximum atomic E-state index is 14.1. The van der Waals surface area contributed by atoms with Crippen molar-refractivity contribution in [1.82, 2.24) is 10.3 Å². The molecule has 1 atom stereocenters. The Labute approximate surface area is 225 Å². The lowest BCUT2D eigenvalue weighted by atomic mass is 9.73. The first-order chi connectivity index (χ1) is 18.8. The molecule has 0 spiro atoms. The van der Waals surface area contributed by atoms with Crippen LogP contribution >= 0.6 is 0 Å². The van der Waals surface area contributed by atoms with E-state index in [9.17, 15) is 17.6 Å². The number of allylic oxidation sites excluding steroid dienone is 6. The highest BCUT2D eigenvalue weighted by atomic mass is 19.4. The van der Waals surface area contributed by atoms with E-state index in [-0.39, 0.29) is 11.7 Å². The Balaban J connectivity index is 0.000000258. The topological polar surface area (TPSA) is 24.9 Å². The number of nitrogens with one attached hydrogen (secondary N) is 1. The van der Waals surface area contributed by atoms with Crippen molar-refractivity contribution in [2.75, 3.05) is 0 Å². The van der Waals surface area contributed by atoms with E-state index in [1.165, 1.54) is 59.1 Å². The largest absolute Gasteiger partial charge is 0.433 e. The number of pyridine rings is 1. The third-order valence-electron chi connectivity index (χ3n) is 7.87. The summed E-state index contributed by atoms with van der Waals surface area (Å²) in [5, 5.41) is 3.20. The fourth-order valence-electron chi connectivity index (χ4n) is 5.91. The van der Waals surface area contributed by atoms with Crippen LogP contribution in [0.4, 0.5) is 17.6 Å².